The van der Waals surface area contributed by atoms with Crippen LogP contribution in [0.15, 0.2) is 48.5 Å². The molecule has 0 aliphatic rings. The lowest BCUT2D eigenvalue weighted by Gasteiger charge is -2.08. The Balaban J connectivity index is 2.34. The van der Waals surface area contributed by atoms with Crippen molar-refractivity contribution in [1.82, 2.24) is 0 Å². The maximum Gasteiger partial charge on any atom is 0.294 e. The zero-order valence-electron chi connectivity index (χ0n) is 9.87. The van der Waals surface area contributed by atoms with Gasteiger partial charge in [0.25, 0.3) is 5.69 Å². The summed E-state index contributed by atoms with van der Waals surface area (Å²) in [5.74, 6) is 0. The average molecular weight is 257 g/mol. The van der Waals surface area contributed by atoms with Crippen molar-refractivity contribution in [2.75, 3.05) is 10.6 Å². The molecule has 0 saturated heterocycles. The summed E-state index contributed by atoms with van der Waals surface area (Å²) >= 11 is 0. The number of carbonyl (C=O) groups is 1. The van der Waals surface area contributed by atoms with E-state index in [1.54, 1.807) is 24.3 Å². The molecule has 2 aromatic carbocycles. The number of para-hydroxylation sites is 1. The lowest BCUT2D eigenvalue weighted by Crippen LogP contribution is -1.99. The minimum absolute atomic E-state index is 0.101. The molecule has 0 aliphatic heterocycles. The summed E-state index contributed by atoms with van der Waals surface area (Å²) in [6.07, 6.45) is 0.476. The van der Waals surface area contributed by atoms with Crippen molar-refractivity contribution >= 4 is 29.2 Å². The molecule has 19 heavy (non-hydrogen) atoms. The van der Waals surface area contributed by atoms with Crippen LogP contribution in [0.25, 0.3) is 0 Å². The van der Waals surface area contributed by atoms with Crippen molar-refractivity contribution in [1.29, 1.82) is 0 Å². The summed E-state index contributed by atoms with van der Waals surface area (Å²) < 4.78 is 0. The van der Waals surface area contributed by atoms with Crippen LogP contribution in [0.2, 0.25) is 0 Å². The average Bonchev–Trinajstić information content (AvgIpc) is 2.42. The van der Waals surface area contributed by atoms with Crippen LogP contribution in [-0.2, 0) is 4.79 Å². The number of nitrogens with one attached hydrogen (secondary N) is 2. The molecule has 96 valence electrons. The highest BCUT2D eigenvalue weighted by atomic mass is 16.6. The van der Waals surface area contributed by atoms with Gasteiger partial charge in [0.15, 0.2) is 0 Å². The molecule has 0 atom stereocenters. The molecular formula is C13H11N3O3. The number of hydrogen-bond donors (Lipinski definition) is 2. The third-order valence-corrected chi connectivity index (χ3v) is 2.47. The van der Waals surface area contributed by atoms with Gasteiger partial charge in [0.05, 0.1) is 4.92 Å². The van der Waals surface area contributed by atoms with Crippen LogP contribution in [0.5, 0.6) is 0 Å². The van der Waals surface area contributed by atoms with Crippen LogP contribution in [0.3, 0.4) is 0 Å². The van der Waals surface area contributed by atoms with Crippen LogP contribution < -0.4 is 10.6 Å². The van der Waals surface area contributed by atoms with Gasteiger partial charge >= 0.3 is 0 Å². The number of rotatable bonds is 5. The molecule has 0 heterocycles. The van der Waals surface area contributed by atoms with Gasteiger partial charge in [-0.25, -0.2) is 0 Å². The van der Waals surface area contributed by atoms with E-state index in [0.29, 0.717) is 17.8 Å². The van der Waals surface area contributed by atoms with E-state index in [0.717, 1.165) is 5.69 Å². The molecule has 0 aromatic heterocycles. The standard InChI is InChI=1S/C13H11N3O3/c17-9-14-11-6-7-12(13(8-11)16(18)19)15-10-4-2-1-3-5-10/h1-9,15H,(H,14,17). The quantitative estimate of drug-likeness (QED) is 0.490. The predicted octanol–water partition coefficient (Wildman–Crippen LogP) is 2.91. The maximum atomic E-state index is 11.0. The zero-order valence-corrected chi connectivity index (χ0v) is 9.87. The number of benzene rings is 2. The Labute approximate surface area is 109 Å². The summed E-state index contributed by atoms with van der Waals surface area (Å²) in [5, 5.41) is 16.4. The molecule has 0 radical (unpaired) electrons. The monoisotopic (exact) mass is 257 g/mol. The van der Waals surface area contributed by atoms with Gasteiger partial charge in [-0.15, -0.1) is 0 Å². The molecule has 2 N–H and O–H groups in total. The summed E-state index contributed by atoms with van der Waals surface area (Å²) in [7, 11) is 0. The molecule has 0 unspecified atom stereocenters. The van der Waals surface area contributed by atoms with Crippen molar-refractivity contribution in [3.8, 4) is 0 Å². The summed E-state index contributed by atoms with van der Waals surface area (Å²) in [6.45, 7) is 0. The number of hydrogen-bond acceptors (Lipinski definition) is 4. The number of anilines is 3. The largest absolute Gasteiger partial charge is 0.350 e. The number of nitro groups is 1. The Bertz CT molecular complexity index is 599. The first-order valence-corrected chi connectivity index (χ1v) is 5.51. The molecule has 6 nitrogen and oxygen atoms in total. The number of amides is 1. The highest BCUT2D eigenvalue weighted by molar-refractivity contribution is 5.78. The van der Waals surface area contributed by atoms with Crippen molar-refractivity contribution in [3.05, 3.63) is 58.6 Å². The first kappa shape index (κ1) is 12.6. The van der Waals surface area contributed by atoms with Gasteiger partial charge in [0.1, 0.15) is 5.69 Å². The fourth-order valence-corrected chi connectivity index (χ4v) is 1.62. The van der Waals surface area contributed by atoms with Crippen LogP contribution >= 0.6 is 0 Å². The van der Waals surface area contributed by atoms with Gasteiger partial charge in [0.2, 0.25) is 6.41 Å². The van der Waals surface area contributed by atoms with Gasteiger partial charge in [-0.05, 0) is 24.3 Å². The SMILES string of the molecule is O=CNc1ccc(Nc2ccccc2)c([N+](=O)[O-])c1. The summed E-state index contributed by atoms with van der Waals surface area (Å²) in [4.78, 5) is 20.9. The Hall–Kier alpha value is -2.89. The van der Waals surface area contributed by atoms with E-state index in [4.69, 9.17) is 0 Å². The highest BCUT2D eigenvalue weighted by Crippen LogP contribution is 2.30. The second-order valence-corrected chi connectivity index (χ2v) is 3.74. The zero-order chi connectivity index (χ0) is 13.7. The third kappa shape index (κ3) is 3.06. The van der Waals surface area contributed by atoms with E-state index >= 15 is 0 Å². The molecule has 1 amide bonds. The Morgan fingerprint density at radius 3 is 2.42 bits per heavy atom. The number of nitrogens with zero attached hydrogens (tertiary/aromatic N) is 1. The van der Waals surface area contributed by atoms with Crippen molar-refractivity contribution in [2.24, 2.45) is 0 Å². The fraction of sp³-hybridized carbons (Fsp3) is 0. The first-order valence-electron chi connectivity index (χ1n) is 5.51. The smallest absolute Gasteiger partial charge is 0.294 e. The normalized spacial score (nSPS) is 9.68. The molecule has 6 heteroatoms. The second kappa shape index (κ2) is 5.63. The molecule has 0 saturated carbocycles. The van der Waals surface area contributed by atoms with E-state index in [1.165, 1.54) is 6.07 Å². The minimum atomic E-state index is -0.499. The van der Waals surface area contributed by atoms with Gasteiger partial charge in [-0.1, -0.05) is 18.2 Å². The van der Waals surface area contributed by atoms with E-state index in [-0.39, 0.29) is 5.69 Å². The predicted molar refractivity (Wildman–Crippen MR) is 72.5 cm³/mol. The van der Waals surface area contributed by atoms with E-state index in [9.17, 15) is 14.9 Å². The van der Waals surface area contributed by atoms with E-state index < -0.39 is 4.92 Å². The molecule has 0 bridgehead atoms. The van der Waals surface area contributed by atoms with Gasteiger partial charge in [0, 0.05) is 17.4 Å². The number of nitro benzene ring substituents is 1. The maximum absolute atomic E-state index is 11.0. The highest BCUT2D eigenvalue weighted by Gasteiger charge is 2.14. The van der Waals surface area contributed by atoms with Crippen LogP contribution in [0, 0.1) is 10.1 Å². The Morgan fingerprint density at radius 2 is 1.79 bits per heavy atom. The molecular weight excluding hydrogens is 246 g/mol. The van der Waals surface area contributed by atoms with Crippen molar-refractivity contribution in [2.45, 2.75) is 0 Å². The van der Waals surface area contributed by atoms with Gasteiger partial charge in [-0.2, -0.15) is 0 Å². The lowest BCUT2D eigenvalue weighted by molar-refractivity contribution is -0.383. The lowest BCUT2D eigenvalue weighted by atomic mass is 10.2. The van der Waals surface area contributed by atoms with Crippen LogP contribution in [-0.4, -0.2) is 11.3 Å². The molecule has 0 spiro atoms. The molecule has 0 fully saturated rings. The first-order chi connectivity index (χ1) is 9.20. The summed E-state index contributed by atoms with van der Waals surface area (Å²) in [5.41, 5.74) is 1.39. The molecule has 2 rings (SSSR count). The van der Waals surface area contributed by atoms with Gasteiger partial charge in [-0.3, -0.25) is 14.9 Å². The Morgan fingerprint density at radius 1 is 1.05 bits per heavy atom. The Kier molecular flexibility index (Phi) is 3.72. The third-order valence-electron chi connectivity index (χ3n) is 2.47. The van der Waals surface area contributed by atoms with Crippen LogP contribution in [0.4, 0.5) is 22.7 Å². The van der Waals surface area contributed by atoms with E-state index in [1.807, 2.05) is 18.2 Å². The van der Waals surface area contributed by atoms with Crippen LogP contribution in [0.1, 0.15) is 0 Å². The summed E-state index contributed by atoms with van der Waals surface area (Å²) in [6, 6.07) is 13.6. The number of carbonyl (C=O) groups excluding carboxylic acids is 1. The van der Waals surface area contributed by atoms with Crippen molar-refractivity contribution in [3.63, 3.8) is 0 Å². The van der Waals surface area contributed by atoms with E-state index in [2.05, 4.69) is 10.6 Å². The topological polar surface area (TPSA) is 84.3 Å². The van der Waals surface area contributed by atoms with Gasteiger partial charge < -0.3 is 10.6 Å². The van der Waals surface area contributed by atoms with Crippen molar-refractivity contribution < 1.29 is 9.72 Å². The molecule has 2 aromatic rings. The second-order valence-electron chi connectivity index (χ2n) is 3.74. The molecule has 0 aliphatic carbocycles. The fourth-order valence-electron chi connectivity index (χ4n) is 1.62. The minimum Gasteiger partial charge on any atom is -0.350 e.